The van der Waals surface area contributed by atoms with Crippen LogP contribution in [0.3, 0.4) is 0 Å². The Labute approximate surface area is 163 Å². The number of pyridine rings is 1. The quantitative estimate of drug-likeness (QED) is 0.595. The zero-order valence-electron chi connectivity index (χ0n) is 15.5. The van der Waals surface area contributed by atoms with Gasteiger partial charge in [0.05, 0.1) is 25.2 Å². The second-order valence-corrected chi connectivity index (χ2v) is 6.98. The van der Waals surface area contributed by atoms with Gasteiger partial charge in [-0.3, -0.25) is 9.78 Å². The molecule has 1 amide bonds. The predicted octanol–water partition coefficient (Wildman–Crippen LogP) is 2.30. The summed E-state index contributed by atoms with van der Waals surface area (Å²) in [5, 5.41) is 2.28. The van der Waals surface area contributed by atoms with E-state index in [-0.39, 0.29) is 16.9 Å². The molecule has 1 heterocycles. The largest absolute Gasteiger partial charge is 0.497 e. The Hall–Kier alpha value is -2.54. The molecule has 0 aliphatic carbocycles. The minimum Gasteiger partial charge on any atom is -0.497 e. The fourth-order valence-corrected chi connectivity index (χ4v) is 3.33. The Kier molecular flexibility index (Phi) is 8.64. The number of thioether (sulfide) groups is 1. The number of aromatic nitrogens is 1. The monoisotopic (exact) mass is 388 g/mol. The van der Waals surface area contributed by atoms with Gasteiger partial charge in [0.25, 0.3) is 0 Å². The van der Waals surface area contributed by atoms with Gasteiger partial charge in [-0.05, 0) is 29.8 Å². The molecular formula is C20H24N2O4S. The second kappa shape index (κ2) is 11.2. The number of nitrogens with one attached hydrogen (secondary N) is 1. The highest BCUT2D eigenvalue weighted by Crippen LogP contribution is 2.18. The molecule has 1 aromatic carbocycles. The lowest BCUT2D eigenvalue weighted by Gasteiger charge is -2.13. The molecule has 0 radical (unpaired) electrons. The number of carbonyl (C=O) groups excluding carboxylic acids is 2. The third kappa shape index (κ3) is 6.94. The number of ether oxygens (including phenoxy) is 2. The van der Waals surface area contributed by atoms with Crippen LogP contribution in [0.25, 0.3) is 0 Å². The van der Waals surface area contributed by atoms with Crippen LogP contribution in [0.4, 0.5) is 0 Å². The van der Waals surface area contributed by atoms with E-state index < -0.39 is 0 Å². The standard InChI is InChI=1S/C20H24N2O4S/c1-21-20(24)19(27-11-9-23)13-16-6-7-18(14-22-16)26-10-8-15-4-3-5-17(12-15)25-2/h3-7,9,12,14,19H,8,10-11,13H2,1-2H3,(H,21,24). The van der Waals surface area contributed by atoms with Crippen LogP contribution in [-0.4, -0.2) is 48.9 Å². The van der Waals surface area contributed by atoms with Crippen LogP contribution >= 0.6 is 11.8 Å². The highest BCUT2D eigenvalue weighted by atomic mass is 32.2. The summed E-state index contributed by atoms with van der Waals surface area (Å²) in [5.41, 5.74) is 1.92. The van der Waals surface area contributed by atoms with E-state index in [9.17, 15) is 9.59 Å². The molecule has 1 N–H and O–H groups in total. The van der Waals surface area contributed by atoms with Crippen molar-refractivity contribution in [3.05, 3.63) is 53.9 Å². The van der Waals surface area contributed by atoms with Crippen molar-refractivity contribution >= 4 is 24.0 Å². The van der Waals surface area contributed by atoms with Gasteiger partial charge in [0.2, 0.25) is 5.91 Å². The Morgan fingerprint density at radius 3 is 2.81 bits per heavy atom. The number of carbonyl (C=O) groups is 2. The van der Waals surface area contributed by atoms with Crippen LogP contribution in [0.2, 0.25) is 0 Å². The van der Waals surface area contributed by atoms with Crippen LogP contribution < -0.4 is 14.8 Å². The SMILES string of the molecule is CNC(=O)C(Cc1ccc(OCCc2cccc(OC)c2)cn1)SCC=O. The maximum absolute atomic E-state index is 11.9. The summed E-state index contributed by atoms with van der Waals surface area (Å²) in [6, 6.07) is 11.6. The topological polar surface area (TPSA) is 77.5 Å². The number of hydrogen-bond donors (Lipinski definition) is 1. The maximum Gasteiger partial charge on any atom is 0.233 e. The zero-order valence-corrected chi connectivity index (χ0v) is 16.3. The summed E-state index contributed by atoms with van der Waals surface area (Å²) in [5.74, 6) is 1.68. The van der Waals surface area contributed by atoms with Crippen LogP contribution in [0.1, 0.15) is 11.3 Å². The van der Waals surface area contributed by atoms with Gasteiger partial charge in [-0.1, -0.05) is 12.1 Å². The molecular weight excluding hydrogens is 364 g/mol. The van der Waals surface area contributed by atoms with Crippen molar-refractivity contribution in [3.63, 3.8) is 0 Å². The summed E-state index contributed by atoms with van der Waals surface area (Å²) < 4.78 is 11.0. The Morgan fingerprint density at radius 1 is 1.30 bits per heavy atom. The summed E-state index contributed by atoms with van der Waals surface area (Å²) >= 11 is 1.31. The van der Waals surface area contributed by atoms with E-state index in [4.69, 9.17) is 9.47 Å². The molecule has 0 fully saturated rings. The van der Waals surface area contributed by atoms with Gasteiger partial charge in [0.1, 0.15) is 17.8 Å². The minimum atomic E-state index is -0.340. The number of amides is 1. The zero-order chi connectivity index (χ0) is 19.5. The first-order valence-electron chi connectivity index (χ1n) is 8.63. The van der Waals surface area contributed by atoms with Crippen molar-refractivity contribution in [3.8, 4) is 11.5 Å². The highest BCUT2D eigenvalue weighted by Gasteiger charge is 2.18. The van der Waals surface area contributed by atoms with E-state index in [0.29, 0.717) is 18.8 Å². The molecule has 0 aliphatic heterocycles. The average Bonchev–Trinajstić information content (AvgIpc) is 2.71. The minimum absolute atomic E-state index is 0.109. The molecule has 1 unspecified atom stereocenters. The summed E-state index contributed by atoms with van der Waals surface area (Å²) in [7, 11) is 3.23. The molecule has 0 bridgehead atoms. The first-order valence-corrected chi connectivity index (χ1v) is 9.68. The van der Waals surface area contributed by atoms with E-state index in [1.807, 2.05) is 36.4 Å². The van der Waals surface area contributed by atoms with Crippen LogP contribution in [0.15, 0.2) is 42.6 Å². The lowest BCUT2D eigenvalue weighted by atomic mass is 10.1. The van der Waals surface area contributed by atoms with Crippen molar-refractivity contribution in [2.45, 2.75) is 18.1 Å². The Morgan fingerprint density at radius 2 is 2.15 bits per heavy atom. The van der Waals surface area contributed by atoms with Gasteiger partial charge >= 0.3 is 0 Å². The van der Waals surface area contributed by atoms with Gasteiger partial charge in [-0.15, -0.1) is 11.8 Å². The first-order chi connectivity index (χ1) is 13.2. The number of benzene rings is 1. The fourth-order valence-electron chi connectivity index (χ4n) is 2.47. The maximum atomic E-state index is 11.9. The normalized spacial score (nSPS) is 11.5. The van der Waals surface area contributed by atoms with Crippen molar-refractivity contribution in [2.75, 3.05) is 26.5 Å². The number of methoxy groups -OCH3 is 1. The molecule has 1 atom stereocenters. The van der Waals surface area contributed by atoms with E-state index in [2.05, 4.69) is 10.3 Å². The molecule has 6 nitrogen and oxygen atoms in total. The average molecular weight is 388 g/mol. The predicted molar refractivity (Wildman–Crippen MR) is 107 cm³/mol. The summed E-state index contributed by atoms with van der Waals surface area (Å²) in [6.45, 7) is 0.532. The molecule has 0 saturated heterocycles. The molecule has 27 heavy (non-hydrogen) atoms. The third-order valence-corrected chi connectivity index (χ3v) is 5.00. The van der Waals surface area contributed by atoms with E-state index >= 15 is 0 Å². The molecule has 0 spiro atoms. The van der Waals surface area contributed by atoms with Crippen molar-refractivity contribution in [2.24, 2.45) is 0 Å². The number of hydrogen-bond acceptors (Lipinski definition) is 6. The van der Waals surface area contributed by atoms with Gasteiger partial charge in [0, 0.05) is 31.3 Å². The lowest BCUT2D eigenvalue weighted by molar-refractivity contribution is -0.120. The molecule has 2 rings (SSSR count). The number of nitrogens with zero attached hydrogens (tertiary/aromatic N) is 1. The molecule has 0 saturated carbocycles. The Balaban J connectivity index is 1.86. The summed E-state index contributed by atoms with van der Waals surface area (Å²) in [6.07, 6.45) is 3.68. The van der Waals surface area contributed by atoms with E-state index in [1.165, 1.54) is 11.8 Å². The van der Waals surface area contributed by atoms with Gasteiger partial charge in [-0.25, -0.2) is 0 Å². The second-order valence-electron chi connectivity index (χ2n) is 5.74. The van der Waals surface area contributed by atoms with Crippen molar-refractivity contribution < 1.29 is 19.1 Å². The van der Waals surface area contributed by atoms with E-state index in [1.54, 1.807) is 20.4 Å². The number of rotatable bonds is 11. The molecule has 7 heteroatoms. The van der Waals surface area contributed by atoms with Gasteiger partial charge in [0.15, 0.2) is 0 Å². The summed E-state index contributed by atoms with van der Waals surface area (Å²) in [4.78, 5) is 26.8. The molecule has 1 aromatic heterocycles. The van der Waals surface area contributed by atoms with Crippen LogP contribution in [0.5, 0.6) is 11.5 Å². The fraction of sp³-hybridized carbons (Fsp3) is 0.350. The van der Waals surface area contributed by atoms with E-state index in [0.717, 1.165) is 29.7 Å². The molecule has 0 aliphatic rings. The van der Waals surface area contributed by atoms with Gasteiger partial charge < -0.3 is 19.6 Å². The highest BCUT2D eigenvalue weighted by molar-refractivity contribution is 8.01. The smallest absolute Gasteiger partial charge is 0.233 e. The van der Waals surface area contributed by atoms with Crippen molar-refractivity contribution in [1.29, 1.82) is 0 Å². The van der Waals surface area contributed by atoms with Crippen molar-refractivity contribution in [1.82, 2.24) is 10.3 Å². The molecule has 2 aromatic rings. The lowest BCUT2D eigenvalue weighted by Crippen LogP contribution is -2.31. The number of aldehydes is 1. The first kappa shape index (κ1) is 20.8. The van der Waals surface area contributed by atoms with Crippen LogP contribution in [0, 0.1) is 0 Å². The third-order valence-electron chi connectivity index (χ3n) is 3.89. The molecule has 144 valence electrons. The van der Waals surface area contributed by atoms with Gasteiger partial charge in [-0.2, -0.15) is 0 Å². The Bertz CT molecular complexity index is 737. The van der Waals surface area contributed by atoms with Crippen LogP contribution in [-0.2, 0) is 22.4 Å².